The molecule has 0 saturated carbocycles. The molecule has 1 rings (SSSR count). The van der Waals surface area contributed by atoms with Crippen molar-refractivity contribution in [3.8, 4) is 11.8 Å². The molecule has 0 radical (unpaired) electrons. The zero-order valence-electron chi connectivity index (χ0n) is 7.88. The molecule has 0 aliphatic rings. The summed E-state index contributed by atoms with van der Waals surface area (Å²) in [4.78, 5) is 0. The molecule has 0 amide bonds. The van der Waals surface area contributed by atoms with Crippen molar-refractivity contribution in [1.29, 1.82) is 5.26 Å². The normalized spacial score (nSPS) is 9.21. The minimum Gasteiger partial charge on any atom is -0.489 e. The highest BCUT2D eigenvalue weighted by atomic mass is 35.5. The second-order valence-corrected chi connectivity index (χ2v) is 3.41. The van der Waals surface area contributed by atoms with Gasteiger partial charge in [0.05, 0.1) is 10.6 Å². The lowest BCUT2D eigenvalue weighted by Crippen LogP contribution is -1.97. The Morgan fingerprint density at radius 3 is 2.86 bits per heavy atom. The number of benzene rings is 1. The largest absolute Gasteiger partial charge is 0.489 e. The van der Waals surface area contributed by atoms with Crippen molar-refractivity contribution in [2.45, 2.75) is 6.92 Å². The van der Waals surface area contributed by atoms with Gasteiger partial charge in [0.15, 0.2) is 0 Å². The van der Waals surface area contributed by atoms with Gasteiger partial charge in [0.2, 0.25) is 0 Å². The van der Waals surface area contributed by atoms with E-state index in [1.165, 1.54) is 0 Å². The van der Waals surface area contributed by atoms with Crippen LogP contribution < -0.4 is 4.74 Å². The first-order chi connectivity index (χ1) is 6.63. The highest BCUT2D eigenvalue weighted by Gasteiger charge is 2.01. The average Bonchev–Trinajstić information content (AvgIpc) is 2.15. The minimum absolute atomic E-state index is 0.409. The first-order valence-electron chi connectivity index (χ1n) is 4.10. The van der Waals surface area contributed by atoms with Crippen LogP contribution in [0, 0.1) is 11.3 Å². The molecule has 0 aliphatic heterocycles. The predicted molar refractivity (Wildman–Crippen MR) is 56.5 cm³/mol. The Kier molecular flexibility index (Phi) is 3.55. The lowest BCUT2D eigenvalue weighted by Gasteiger charge is -2.05. The zero-order chi connectivity index (χ0) is 10.6. The Labute approximate surface area is 88.4 Å². The third kappa shape index (κ3) is 2.79. The first kappa shape index (κ1) is 10.6. The van der Waals surface area contributed by atoms with E-state index < -0.39 is 0 Å². The lowest BCUT2D eigenvalue weighted by atomic mass is 10.2. The summed E-state index contributed by atoms with van der Waals surface area (Å²) in [7, 11) is 0. The van der Waals surface area contributed by atoms with Crippen molar-refractivity contribution in [3.63, 3.8) is 0 Å². The molecule has 0 aliphatic carbocycles. The van der Waals surface area contributed by atoms with Crippen LogP contribution in [0.4, 0.5) is 0 Å². The van der Waals surface area contributed by atoms with E-state index in [2.05, 4.69) is 6.58 Å². The first-order valence-corrected chi connectivity index (χ1v) is 4.48. The molecule has 0 N–H and O–H groups in total. The van der Waals surface area contributed by atoms with Crippen molar-refractivity contribution >= 4 is 11.6 Å². The van der Waals surface area contributed by atoms with Gasteiger partial charge in [0.25, 0.3) is 0 Å². The smallest absolute Gasteiger partial charge is 0.121 e. The average molecular weight is 208 g/mol. The van der Waals surface area contributed by atoms with E-state index in [0.29, 0.717) is 22.9 Å². The number of nitrogens with zero attached hydrogens (tertiary/aromatic N) is 1. The Hall–Kier alpha value is -1.46. The van der Waals surface area contributed by atoms with Crippen LogP contribution in [-0.4, -0.2) is 6.61 Å². The standard InChI is InChI=1S/C11H10ClNO/c1-8(2)7-14-10-4-3-9(6-13)11(12)5-10/h3-5H,1,7H2,2H3. The molecule has 1 aromatic rings. The van der Waals surface area contributed by atoms with Gasteiger partial charge >= 0.3 is 0 Å². The zero-order valence-corrected chi connectivity index (χ0v) is 8.64. The predicted octanol–water partition coefficient (Wildman–Crippen LogP) is 3.17. The molecule has 0 heterocycles. The number of ether oxygens (including phenoxy) is 1. The molecule has 72 valence electrons. The molecule has 0 bridgehead atoms. The van der Waals surface area contributed by atoms with Crippen LogP contribution in [0.25, 0.3) is 0 Å². The maximum absolute atomic E-state index is 8.64. The van der Waals surface area contributed by atoms with Gasteiger partial charge in [0, 0.05) is 6.07 Å². The monoisotopic (exact) mass is 207 g/mol. The molecule has 0 saturated heterocycles. The second-order valence-electron chi connectivity index (χ2n) is 3.00. The Balaban J connectivity index is 2.77. The maximum atomic E-state index is 8.64. The van der Waals surface area contributed by atoms with Crippen molar-refractivity contribution < 1.29 is 4.74 Å². The van der Waals surface area contributed by atoms with Gasteiger partial charge in [-0.2, -0.15) is 5.26 Å². The summed E-state index contributed by atoms with van der Waals surface area (Å²) in [5, 5.41) is 9.05. The summed E-state index contributed by atoms with van der Waals surface area (Å²) >= 11 is 5.82. The van der Waals surface area contributed by atoms with Gasteiger partial charge in [-0.05, 0) is 24.6 Å². The highest BCUT2D eigenvalue weighted by Crippen LogP contribution is 2.21. The Morgan fingerprint density at radius 2 is 2.36 bits per heavy atom. The summed E-state index contributed by atoms with van der Waals surface area (Å²) < 4.78 is 5.35. The molecule has 2 nitrogen and oxygen atoms in total. The number of rotatable bonds is 3. The van der Waals surface area contributed by atoms with Crippen molar-refractivity contribution in [1.82, 2.24) is 0 Å². The van der Waals surface area contributed by atoms with Crippen molar-refractivity contribution in [2.75, 3.05) is 6.61 Å². The molecule has 0 fully saturated rings. The van der Waals surface area contributed by atoms with E-state index in [1.807, 2.05) is 13.0 Å². The quantitative estimate of drug-likeness (QED) is 0.714. The van der Waals surface area contributed by atoms with Crippen LogP contribution in [0.15, 0.2) is 30.4 Å². The van der Waals surface area contributed by atoms with Gasteiger partial charge in [0.1, 0.15) is 18.4 Å². The van der Waals surface area contributed by atoms with E-state index in [0.717, 1.165) is 5.57 Å². The number of hydrogen-bond donors (Lipinski definition) is 0. The van der Waals surface area contributed by atoms with Gasteiger partial charge in [-0.1, -0.05) is 18.2 Å². The number of hydrogen-bond acceptors (Lipinski definition) is 2. The third-order valence-corrected chi connectivity index (χ3v) is 1.86. The Bertz CT molecular complexity index is 393. The molecule has 0 unspecified atom stereocenters. The topological polar surface area (TPSA) is 33.0 Å². The van der Waals surface area contributed by atoms with E-state index in [-0.39, 0.29) is 0 Å². The summed E-state index contributed by atoms with van der Waals surface area (Å²) in [6.07, 6.45) is 0. The third-order valence-electron chi connectivity index (χ3n) is 1.55. The van der Waals surface area contributed by atoms with Crippen LogP contribution in [0.5, 0.6) is 5.75 Å². The van der Waals surface area contributed by atoms with Crippen LogP contribution in [0.1, 0.15) is 12.5 Å². The molecular weight excluding hydrogens is 198 g/mol. The molecule has 14 heavy (non-hydrogen) atoms. The number of nitriles is 1. The fourth-order valence-corrected chi connectivity index (χ4v) is 1.10. The second kappa shape index (κ2) is 4.69. The molecule has 1 aromatic carbocycles. The molecule has 0 atom stereocenters. The summed E-state index contributed by atoms with van der Waals surface area (Å²) in [5.41, 5.74) is 1.39. The maximum Gasteiger partial charge on any atom is 0.121 e. The Morgan fingerprint density at radius 1 is 1.64 bits per heavy atom. The highest BCUT2D eigenvalue weighted by molar-refractivity contribution is 6.31. The van der Waals surface area contributed by atoms with Crippen molar-refractivity contribution in [3.05, 3.63) is 40.9 Å². The van der Waals surface area contributed by atoms with Gasteiger partial charge < -0.3 is 4.74 Å². The van der Waals surface area contributed by atoms with Gasteiger partial charge in [-0.15, -0.1) is 0 Å². The summed E-state index contributed by atoms with van der Waals surface area (Å²) in [5.74, 6) is 0.650. The fourth-order valence-electron chi connectivity index (χ4n) is 0.883. The van der Waals surface area contributed by atoms with Crippen LogP contribution in [-0.2, 0) is 0 Å². The summed E-state index contributed by atoms with van der Waals surface area (Å²) in [6, 6.07) is 6.96. The lowest BCUT2D eigenvalue weighted by molar-refractivity contribution is 0.352. The summed E-state index contributed by atoms with van der Waals surface area (Å²) in [6.45, 7) is 6.06. The van der Waals surface area contributed by atoms with E-state index in [4.69, 9.17) is 21.6 Å². The molecule has 0 aromatic heterocycles. The van der Waals surface area contributed by atoms with E-state index in [9.17, 15) is 0 Å². The van der Waals surface area contributed by atoms with E-state index >= 15 is 0 Å². The molecule has 0 spiro atoms. The van der Waals surface area contributed by atoms with E-state index in [1.54, 1.807) is 18.2 Å². The van der Waals surface area contributed by atoms with Gasteiger partial charge in [-0.3, -0.25) is 0 Å². The SMILES string of the molecule is C=C(C)COc1ccc(C#N)c(Cl)c1. The van der Waals surface area contributed by atoms with Crippen LogP contribution in [0.2, 0.25) is 5.02 Å². The minimum atomic E-state index is 0.409. The van der Waals surface area contributed by atoms with Crippen LogP contribution in [0.3, 0.4) is 0 Å². The molecule has 3 heteroatoms. The fraction of sp³-hybridized carbons (Fsp3) is 0.182. The van der Waals surface area contributed by atoms with Crippen LogP contribution >= 0.6 is 11.6 Å². The van der Waals surface area contributed by atoms with Gasteiger partial charge in [-0.25, -0.2) is 0 Å². The molecular formula is C11H10ClNO. The van der Waals surface area contributed by atoms with Crippen molar-refractivity contribution in [2.24, 2.45) is 0 Å². The number of halogens is 1.